The Labute approximate surface area is 179 Å². The van der Waals surface area contributed by atoms with Gasteiger partial charge < -0.3 is 10.6 Å². The molecule has 6 heteroatoms. The molecule has 0 saturated carbocycles. The summed E-state index contributed by atoms with van der Waals surface area (Å²) < 4.78 is 0. The second-order valence-corrected chi connectivity index (χ2v) is 7.57. The van der Waals surface area contributed by atoms with Crippen molar-refractivity contribution >= 4 is 34.8 Å². The average Bonchev–Trinajstić information content (AvgIpc) is 2.75. The third-order valence-electron chi connectivity index (χ3n) is 5.14. The number of carbonyl (C=O) groups excluding carboxylic acids is 3. The lowest BCUT2D eigenvalue weighted by molar-refractivity contribution is -0.115. The van der Waals surface area contributed by atoms with Crippen LogP contribution in [0.4, 0.5) is 5.69 Å². The van der Waals surface area contributed by atoms with Gasteiger partial charge in [-0.1, -0.05) is 60.1 Å². The lowest BCUT2D eigenvalue weighted by Gasteiger charge is -2.20. The molecule has 0 saturated heterocycles. The van der Waals surface area contributed by atoms with E-state index in [0.29, 0.717) is 27.4 Å². The number of ketones is 2. The Morgan fingerprint density at radius 1 is 0.900 bits per heavy atom. The van der Waals surface area contributed by atoms with E-state index in [1.807, 2.05) is 25.1 Å². The van der Waals surface area contributed by atoms with Gasteiger partial charge in [0.1, 0.15) is 0 Å². The van der Waals surface area contributed by atoms with Gasteiger partial charge in [0.05, 0.1) is 17.8 Å². The van der Waals surface area contributed by atoms with E-state index in [1.54, 1.807) is 48.5 Å². The lowest BCUT2D eigenvalue weighted by atomic mass is 9.83. The maximum atomic E-state index is 13.0. The quantitative estimate of drug-likeness (QED) is 0.503. The van der Waals surface area contributed by atoms with E-state index in [1.165, 1.54) is 0 Å². The number of fused-ring (bicyclic) bond motifs is 2. The van der Waals surface area contributed by atoms with E-state index < -0.39 is 0 Å². The summed E-state index contributed by atoms with van der Waals surface area (Å²) in [6.07, 6.45) is 0. The van der Waals surface area contributed by atoms with Crippen LogP contribution in [0.1, 0.15) is 50.4 Å². The van der Waals surface area contributed by atoms with Crippen molar-refractivity contribution in [2.24, 2.45) is 0 Å². The highest BCUT2D eigenvalue weighted by Gasteiger charge is 2.31. The van der Waals surface area contributed by atoms with Crippen molar-refractivity contribution in [3.05, 3.63) is 99.6 Å². The van der Waals surface area contributed by atoms with Gasteiger partial charge in [-0.3, -0.25) is 14.4 Å². The predicted octanol–water partition coefficient (Wildman–Crippen LogP) is 4.40. The Bertz CT molecular complexity index is 1170. The zero-order valence-electron chi connectivity index (χ0n) is 16.2. The van der Waals surface area contributed by atoms with E-state index in [0.717, 1.165) is 5.56 Å². The Morgan fingerprint density at radius 3 is 2.30 bits per heavy atom. The molecule has 0 fully saturated rings. The minimum absolute atomic E-state index is 0.0378. The van der Waals surface area contributed by atoms with Crippen LogP contribution in [0.25, 0.3) is 0 Å². The first kappa shape index (κ1) is 20.0. The number of benzene rings is 3. The summed E-state index contributed by atoms with van der Waals surface area (Å²) in [6, 6.07) is 19.0. The molecule has 0 heterocycles. The van der Waals surface area contributed by atoms with Crippen molar-refractivity contribution in [1.29, 1.82) is 0 Å². The molecule has 1 aliphatic carbocycles. The fourth-order valence-corrected chi connectivity index (χ4v) is 3.78. The van der Waals surface area contributed by atoms with Crippen LogP contribution >= 0.6 is 11.6 Å². The van der Waals surface area contributed by atoms with Gasteiger partial charge in [-0.2, -0.15) is 0 Å². The van der Waals surface area contributed by atoms with Crippen molar-refractivity contribution in [2.75, 3.05) is 11.9 Å². The molecule has 5 nitrogen and oxygen atoms in total. The minimum Gasteiger partial charge on any atom is -0.324 e. The highest BCUT2D eigenvalue weighted by atomic mass is 35.5. The summed E-state index contributed by atoms with van der Waals surface area (Å²) in [4.78, 5) is 38.3. The number of halogens is 1. The van der Waals surface area contributed by atoms with Crippen LogP contribution in [0.2, 0.25) is 5.02 Å². The number of anilines is 1. The molecule has 4 rings (SSSR count). The first-order valence-corrected chi connectivity index (χ1v) is 9.93. The molecule has 3 aromatic rings. The fourth-order valence-electron chi connectivity index (χ4n) is 3.58. The molecule has 0 spiro atoms. The van der Waals surface area contributed by atoms with Gasteiger partial charge in [0.2, 0.25) is 5.91 Å². The van der Waals surface area contributed by atoms with Gasteiger partial charge in [0.25, 0.3) is 0 Å². The van der Waals surface area contributed by atoms with Gasteiger partial charge in [0, 0.05) is 27.8 Å². The molecular weight excluding hydrogens is 400 g/mol. The third-order valence-corrected chi connectivity index (χ3v) is 5.38. The zero-order chi connectivity index (χ0) is 21.3. The Kier molecular flexibility index (Phi) is 5.48. The van der Waals surface area contributed by atoms with Crippen LogP contribution in [0.5, 0.6) is 0 Å². The summed E-state index contributed by atoms with van der Waals surface area (Å²) in [6.45, 7) is 1.97. The molecule has 0 aliphatic heterocycles. The van der Waals surface area contributed by atoms with Crippen molar-refractivity contribution in [3.63, 3.8) is 0 Å². The molecule has 30 heavy (non-hydrogen) atoms. The summed E-state index contributed by atoms with van der Waals surface area (Å²) >= 11 is 6.02. The highest BCUT2D eigenvalue weighted by Crippen LogP contribution is 2.31. The molecule has 1 aliphatic rings. The predicted molar refractivity (Wildman–Crippen MR) is 116 cm³/mol. The molecule has 1 amide bonds. The van der Waals surface area contributed by atoms with Gasteiger partial charge in [-0.15, -0.1) is 0 Å². The normalized spacial score (nSPS) is 13.4. The number of hydrogen-bond acceptors (Lipinski definition) is 4. The van der Waals surface area contributed by atoms with Gasteiger partial charge in [-0.25, -0.2) is 0 Å². The molecule has 0 aromatic heterocycles. The summed E-state index contributed by atoms with van der Waals surface area (Å²) in [5.41, 5.74) is 2.57. The monoisotopic (exact) mass is 418 g/mol. The second kappa shape index (κ2) is 8.22. The SMILES string of the molecule is C[C@H](NCC(=O)Nc1cccc2c1C(=O)c1ccccc1C2=O)c1cccc(Cl)c1. The topological polar surface area (TPSA) is 75.3 Å². The standard InChI is InChI=1S/C24H19ClN2O3/c1-14(15-6-4-7-16(25)12-15)26-13-21(28)27-20-11-5-10-19-22(20)24(30)18-9-3-2-8-17(18)23(19)29/h2-12,14,26H,13H2,1H3,(H,27,28)/t14-/m0/s1. The zero-order valence-corrected chi connectivity index (χ0v) is 17.0. The number of hydrogen-bond donors (Lipinski definition) is 2. The molecule has 3 aromatic carbocycles. The molecule has 2 N–H and O–H groups in total. The van der Waals surface area contributed by atoms with E-state index in [4.69, 9.17) is 11.6 Å². The summed E-state index contributed by atoms with van der Waals surface area (Å²) in [5, 5.41) is 6.54. The smallest absolute Gasteiger partial charge is 0.238 e. The van der Waals surface area contributed by atoms with Crippen molar-refractivity contribution in [3.8, 4) is 0 Å². The lowest BCUT2D eigenvalue weighted by Crippen LogP contribution is -2.31. The number of amides is 1. The van der Waals surface area contributed by atoms with Crippen LogP contribution < -0.4 is 10.6 Å². The summed E-state index contributed by atoms with van der Waals surface area (Å²) in [7, 11) is 0. The van der Waals surface area contributed by atoms with Crippen molar-refractivity contribution < 1.29 is 14.4 Å². The Balaban J connectivity index is 1.51. The molecule has 150 valence electrons. The van der Waals surface area contributed by atoms with Crippen molar-refractivity contribution in [1.82, 2.24) is 5.32 Å². The van der Waals surface area contributed by atoms with Crippen LogP contribution in [0.15, 0.2) is 66.7 Å². The Morgan fingerprint density at radius 2 is 1.57 bits per heavy atom. The Hall–Kier alpha value is -3.28. The van der Waals surface area contributed by atoms with Gasteiger partial charge >= 0.3 is 0 Å². The van der Waals surface area contributed by atoms with Crippen LogP contribution in [-0.4, -0.2) is 24.0 Å². The van der Waals surface area contributed by atoms with E-state index in [2.05, 4.69) is 10.6 Å². The number of rotatable bonds is 5. The van der Waals surface area contributed by atoms with E-state index >= 15 is 0 Å². The van der Waals surface area contributed by atoms with Crippen LogP contribution in [0.3, 0.4) is 0 Å². The van der Waals surface area contributed by atoms with E-state index in [-0.39, 0.29) is 35.6 Å². The molecular formula is C24H19ClN2O3. The maximum absolute atomic E-state index is 13.0. The number of nitrogens with one attached hydrogen (secondary N) is 2. The molecule has 0 radical (unpaired) electrons. The van der Waals surface area contributed by atoms with Crippen LogP contribution in [0, 0.1) is 0 Å². The minimum atomic E-state index is -0.309. The average molecular weight is 419 g/mol. The van der Waals surface area contributed by atoms with E-state index in [9.17, 15) is 14.4 Å². The summed E-state index contributed by atoms with van der Waals surface area (Å²) in [5.74, 6) is -0.795. The third kappa shape index (κ3) is 3.77. The number of carbonyl (C=O) groups is 3. The molecule has 0 unspecified atom stereocenters. The molecule has 1 atom stereocenters. The van der Waals surface area contributed by atoms with Gasteiger partial charge in [0.15, 0.2) is 11.6 Å². The largest absolute Gasteiger partial charge is 0.324 e. The maximum Gasteiger partial charge on any atom is 0.238 e. The first-order chi connectivity index (χ1) is 14.5. The van der Waals surface area contributed by atoms with Crippen LogP contribution in [-0.2, 0) is 4.79 Å². The van der Waals surface area contributed by atoms with Gasteiger partial charge in [-0.05, 0) is 30.7 Å². The highest BCUT2D eigenvalue weighted by molar-refractivity contribution is 6.31. The fraction of sp³-hybridized carbons (Fsp3) is 0.125. The molecule has 0 bridgehead atoms. The van der Waals surface area contributed by atoms with Crippen molar-refractivity contribution in [2.45, 2.75) is 13.0 Å². The first-order valence-electron chi connectivity index (χ1n) is 9.56. The second-order valence-electron chi connectivity index (χ2n) is 7.14.